The molecule has 0 saturated heterocycles. The van der Waals surface area contributed by atoms with Crippen LogP contribution >= 0.6 is 0 Å². The first-order valence-corrected chi connectivity index (χ1v) is 8.73. The van der Waals surface area contributed by atoms with E-state index in [2.05, 4.69) is 20.6 Å². The SMILES string of the molecule is Cc1cc(C)nc(Oc2cccc(NC(=O)CNC(=O)c3ccccc3)c2)n1. The lowest BCUT2D eigenvalue weighted by Crippen LogP contribution is -2.32. The zero-order chi connectivity index (χ0) is 19.9. The number of ether oxygens (including phenoxy) is 1. The van der Waals surface area contributed by atoms with Gasteiger partial charge in [-0.3, -0.25) is 9.59 Å². The second kappa shape index (κ2) is 8.77. The Balaban J connectivity index is 1.58. The molecule has 2 N–H and O–H groups in total. The lowest BCUT2D eigenvalue weighted by Gasteiger charge is -2.09. The molecule has 2 amide bonds. The normalized spacial score (nSPS) is 10.2. The van der Waals surface area contributed by atoms with Gasteiger partial charge >= 0.3 is 6.01 Å². The molecule has 0 aliphatic heterocycles. The minimum absolute atomic E-state index is 0.140. The molecule has 0 atom stereocenters. The first-order chi connectivity index (χ1) is 13.5. The number of nitrogens with one attached hydrogen (secondary N) is 2. The summed E-state index contributed by atoms with van der Waals surface area (Å²) in [7, 11) is 0. The molecule has 142 valence electrons. The highest BCUT2D eigenvalue weighted by Gasteiger charge is 2.09. The highest BCUT2D eigenvalue weighted by molar-refractivity contribution is 5.99. The van der Waals surface area contributed by atoms with Crippen LogP contribution in [0, 0.1) is 13.8 Å². The molecule has 1 aromatic heterocycles. The molecule has 0 aliphatic carbocycles. The zero-order valence-corrected chi connectivity index (χ0v) is 15.6. The van der Waals surface area contributed by atoms with E-state index in [1.54, 1.807) is 48.5 Å². The molecule has 2 aromatic carbocycles. The minimum atomic E-state index is -0.343. The second-order valence-corrected chi connectivity index (χ2v) is 6.16. The second-order valence-electron chi connectivity index (χ2n) is 6.16. The summed E-state index contributed by atoms with van der Waals surface area (Å²) in [6.45, 7) is 3.59. The summed E-state index contributed by atoms with van der Waals surface area (Å²) in [4.78, 5) is 32.6. The molecular weight excluding hydrogens is 356 g/mol. The maximum atomic E-state index is 12.1. The Kier molecular flexibility index (Phi) is 5.96. The van der Waals surface area contributed by atoms with Crippen LogP contribution in [0.4, 0.5) is 5.69 Å². The van der Waals surface area contributed by atoms with E-state index in [4.69, 9.17) is 4.74 Å². The van der Waals surface area contributed by atoms with Crippen LogP contribution in [0.5, 0.6) is 11.8 Å². The van der Waals surface area contributed by atoms with E-state index in [9.17, 15) is 9.59 Å². The minimum Gasteiger partial charge on any atom is -0.424 e. The molecule has 7 nitrogen and oxygen atoms in total. The van der Waals surface area contributed by atoms with Gasteiger partial charge in [0, 0.05) is 28.7 Å². The van der Waals surface area contributed by atoms with Crippen molar-refractivity contribution < 1.29 is 14.3 Å². The predicted molar refractivity (Wildman–Crippen MR) is 105 cm³/mol. The van der Waals surface area contributed by atoms with E-state index in [-0.39, 0.29) is 24.4 Å². The van der Waals surface area contributed by atoms with Crippen molar-refractivity contribution in [3.63, 3.8) is 0 Å². The number of carbonyl (C=O) groups excluding carboxylic acids is 2. The molecule has 0 bridgehead atoms. The van der Waals surface area contributed by atoms with Gasteiger partial charge in [-0.1, -0.05) is 24.3 Å². The first kappa shape index (κ1) is 19.0. The zero-order valence-electron chi connectivity index (χ0n) is 15.6. The number of amides is 2. The van der Waals surface area contributed by atoms with Gasteiger partial charge in [0.1, 0.15) is 5.75 Å². The molecule has 0 spiro atoms. The van der Waals surface area contributed by atoms with E-state index in [0.717, 1.165) is 11.4 Å². The third-order valence-corrected chi connectivity index (χ3v) is 3.73. The van der Waals surface area contributed by atoms with E-state index < -0.39 is 0 Å². The van der Waals surface area contributed by atoms with E-state index in [1.165, 1.54) is 0 Å². The molecule has 0 saturated carbocycles. The van der Waals surface area contributed by atoms with Crippen molar-refractivity contribution in [3.8, 4) is 11.8 Å². The third-order valence-electron chi connectivity index (χ3n) is 3.73. The fourth-order valence-electron chi connectivity index (χ4n) is 2.54. The van der Waals surface area contributed by atoms with E-state index in [0.29, 0.717) is 17.0 Å². The fourth-order valence-corrected chi connectivity index (χ4v) is 2.54. The summed E-state index contributed by atoms with van der Waals surface area (Å²) in [6.07, 6.45) is 0. The van der Waals surface area contributed by atoms with Crippen LogP contribution in [-0.4, -0.2) is 28.3 Å². The third kappa shape index (κ3) is 5.38. The Morgan fingerprint density at radius 3 is 2.36 bits per heavy atom. The number of aromatic nitrogens is 2. The number of anilines is 1. The Bertz CT molecular complexity index is 970. The average molecular weight is 376 g/mol. The number of rotatable bonds is 6. The van der Waals surface area contributed by atoms with Gasteiger partial charge in [0.2, 0.25) is 5.91 Å². The van der Waals surface area contributed by atoms with Crippen molar-refractivity contribution in [3.05, 3.63) is 77.6 Å². The van der Waals surface area contributed by atoms with Crippen LogP contribution in [0.15, 0.2) is 60.7 Å². The van der Waals surface area contributed by atoms with Crippen LogP contribution in [0.3, 0.4) is 0 Å². The van der Waals surface area contributed by atoms with Crippen LogP contribution in [0.2, 0.25) is 0 Å². The first-order valence-electron chi connectivity index (χ1n) is 8.73. The summed E-state index contributed by atoms with van der Waals surface area (Å²) in [5.74, 6) is -0.153. The number of hydrogen-bond acceptors (Lipinski definition) is 5. The van der Waals surface area contributed by atoms with Crippen molar-refractivity contribution in [1.29, 1.82) is 0 Å². The Labute approximate surface area is 162 Å². The largest absolute Gasteiger partial charge is 0.424 e. The van der Waals surface area contributed by atoms with Crippen molar-refractivity contribution in [2.24, 2.45) is 0 Å². The van der Waals surface area contributed by atoms with Crippen LogP contribution < -0.4 is 15.4 Å². The van der Waals surface area contributed by atoms with Crippen molar-refractivity contribution in [2.75, 3.05) is 11.9 Å². The molecule has 3 aromatic rings. The van der Waals surface area contributed by atoms with Gasteiger partial charge in [0.05, 0.1) is 6.54 Å². The highest BCUT2D eigenvalue weighted by atomic mass is 16.5. The number of hydrogen-bond donors (Lipinski definition) is 2. The van der Waals surface area contributed by atoms with E-state index >= 15 is 0 Å². The van der Waals surface area contributed by atoms with Gasteiger partial charge in [-0.25, -0.2) is 9.97 Å². The summed E-state index contributed by atoms with van der Waals surface area (Å²) in [5.41, 5.74) is 2.65. The summed E-state index contributed by atoms with van der Waals surface area (Å²) < 4.78 is 5.68. The number of benzene rings is 2. The van der Waals surface area contributed by atoms with E-state index in [1.807, 2.05) is 26.0 Å². The molecule has 1 heterocycles. The number of nitrogens with zero attached hydrogens (tertiary/aromatic N) is 2. The number of carbonyl (C=O) groups is 2. The Morgan fingerprint density at radius 1 is 0.929 bits per heavy atom. The summed E-state index contributed by atoms with van der Waals surface area (Å²) in [6, 6.07) is 17.7. The van der Waals surface area contributed by atoms with Gasteiger partial charge in [0.15, 0.2) is 0 Å². The van der Waals surface area contributed by atoms with Gasteiger partial charge in [-0.05, 0) is 44.2 Å². The quantitative estimate of drug-likeness (QED) is 0.689. The van der Waals surface area contributed by atoms with Crippen LogP contribution in [0.25, 0.3) is 0 Å². The smallest absolute Gasteiger partial charge is 0.322 e. The summed E-state index contributed by atoms with van der Waals surface area (Å²) in [5, 5.41) is 5.31. The van der Waals surface area contributed by atoms with Crippen molar-refractivity contribution >= 4 is 17.5 Å². The molecule has 28 heavy (non-hydrogen) atoms. The standard InChI is InChI=1S/C21H20N4O3/c1-14-11-15(2)24-21(23-14)28-18-10-6-9-17(12-18)25-19(26)13-22-20(27)16-7-4-3-5-8-16/h3-12H,13H2,1-2H3,(H,22,27)(H,25,26). The average Bonchev–Trinajstić information content (AvgIpc) is 2.66. The van der Waals surface area contributed by atoms with Crippen LogP contribution in [-0.2, 0) is 4.79 Å². The molecule has 0 fully saturated rings. The molecule has 0 aliphatic rings. The maximum Gasteiger partial charge on any atom is 0.322 e. The van der Waals surface area contributed by atoms with Gasteiger partial charge in [-0.2, -0.15) is 0 Å². The lowest BCUT2D eigenvalue weighted by molar-refractivity contribution is -0.115. The topological polar surface area (TPSA) is 93.2 Å². The predicted octanol–water partition coefficient (Wildman–Crippen LogP) is 3.25. The molecule has 3 rings (SSSR count). The molecule has 7 heteroatoms. The number of aryl methyl sites for hydroxylation is 2. The van der Waals surface area contributed by atoms with Gasteiger partial charge in [0.25, 0.3) is 5.91 Å². The summed E-state index contributed by atoms with van der Waals surface area (Å²) >= 11 is 0. The van der Waals surface area contributed by atoms with Crippen LogP contribution in [0.1, 0.15) is 21.7 Å². The highest BCUT2D eigenvalue weighted by Crippen LogP contribution is 2.22. The van der Waals surface area contributed by atoms with Gasteiger partial charge < -0.3 is 15.4 Å². The van der Waals surface area contributed by atoms with Crippen molar-refractivity contribution in [1.82, 2.24) is 15.3 Å². The monoisotopic (exact) mass is 376 g/mol. The fraction of sp³-hybridized carbons (Fsp3) is 0.143. The maximum absolute atomic E-state index is 12.1. The Morgan fingerprint density at radius 2 is 1.64 bits per heavy atom. The molecule has 0 unspecified atom stereocenters. The molecular formula is C21H20N4O3. The lowest BCUT2D eigenvalue weighted by atomic mass is 10.2. The Hall–Kier alpha value is -3.74. The van der Waals surface area contributed by atoms with Crippen molar-refractivity contribution in [2.45, 2.75) is 13.8 Å². The van der Waals surface area contributed by atoms with Gasteiger partial charge in [-0.15, -0.1) is 0 Å². The molecule has 0 radical (unpaired) electrons.